The van der Waals surface area contributed by atoms with Gasteiger partial charge < -0.3 is 31.8 Å². The van der Waals surface area contributed by atoms with E-state index in [4.69, 9.17) is 14.5 Å². The number of hydrogen-bond donors (Lipinski definition) is 1. The van der Waals surface area contributed by atoms with Gasteiger partial charge in [0.2, 0.25) is 5.91 Å². The minimum Gasteiger partial charge on any atom is -1.00 e. The lowest BCUT2D eigenvalue weighted by Gasteiger charge is -2.29. The zero-order valence-electron chi connectivity index (χ0n) is 20.8. The number of carbonyl (C=O) groups excluding carboxylic acids is 1. The first-order chi connectivity index (χ1) is 15.5. The van der Waals surface area contributed by atoms with Crippen molar-refractivity contribution in [3.8, 4) is 22.9 Å². The number of benzene rings is 2. The molecule has 4 rings (SSSR count). The molecule has 1 aliphatic rings. The number of nitrogens with zero attached hydrogens (tertiary/aromatic N) is 2. The van der Waals surface area contributed by atoms with E-state index in [1.54, 1.807) is 14.2 Å². The third-order valence-electron chi connectivity index (χ3n) is 6.38. The molecule has 0 spiro atoms. The maximum absolute atomic E-state index is 13.6. The molecule has 0 radical (unpaired) electrons. The van der Waals surface area contributed by atoms with E-state index in [-0.39, 0.29) is 37.7 Å². The fourth-order valence-corrected chi connectivity index (χ4v) is 4.75. The molecule has 1 amide bonds. The first kappa shape index (κ1) is 24.9. The van der Waals surface area contributed by atoms with Crippen LogP contribution in [-0.4, -0.2) is 35.7 Å². The molecular weight excluding hydrogens is 438 g/mol. The molecule has 0 bridgehead atoms. The molecule has 1 saturated carbocycles. The van der Waals surface area contributed by atoms with Crippen molar-refractivity contribution in [1.29, 1.82) is 0 Å². The van der Waals surface area contributed by atoms with Crippen LogP contribution in [0.5, 0.6) is 11.5 Å². The molecule has 0 aliphatic heterocycles. The molecule has 1 aliphatic carbocycles. The smallest absolute Gasteiger partial charge is 1.00 e. The van der Waals surface area contributed by atoms with Gasteiger partial charge in [-0.1, -0.05) is 45.2 Å². The second kappa shape index (κ2) is 10.9. The summed E-state index contributed by atoms with van der Waals surface area (Å²) in [6.07, 6.45) is 5.73. The van der Waals surface area contributed by atoms with E-state index in [2.05, 4.69) is 23.7 Å². The number of hydrogen-bond acceptors (Lipinski definition) is 4. The van der Waals surface area contributed by atoms with Gasteiger partial charge in [-0.15, -0.1) is 0 Å². The van der Waals surface area contributed by atoms with Crippen molar-refractivity contribution in [1.82, 2.24) is 14.9 Å². The average Bonchev–Trinajstić information content (AvgIpc) is 3.18. The third kappa shape index (κ3) is 5.11. The first-order valence-corrected chi connectivity index (χ1v) is 11.5. The largest absolute Gasteiger partial charge is 1.00 e. The molecule has 1 fully saturated rings. The molecule has 178 valence electrons. The van der Waals surface area contributed by atoms with E-state index < -0.39 is 0 Å². The summed E-state index contributed by atoms with van der Waals surface area (Å²) in [5.74, 6) is 2.24. The standard InChI is InChI=1S/C26H33N3O3.ClH/c1-17(2)24(26(30)27-18-10-6-5-7-11-18)29-22-13-9-8-12-21(22)28-25(29)20-15-14-19(31-3)16-23(20)32-4;/h8-9,12-18,24H,5-7,10-11H2,1-4H3,(H,27,30);1H. The van der Waals surface area contributed by atoms with Crippen molar-refractivity contribution in [3.63, 3.8) is 0 Å². The number of nitrogens with one attached hydrogen (secondary N) is 1. The van der Waals surface area contributed by atoms with Crippen molar-refractivity contribution < 1.29 is 28.1 Å². The molecule has 2 aromatic carbocycles. The minimum absolute atomic E-state index is 0. The Labute approximate surface area is 203 Å². The van der Waals surface area contributed by atoms with Gasteiger partial charge in [-0.3, -0.25) is 4.79 Å². The number of amides is 1. The number of fused-ring (bicyclic) bond motifs is 1. The predicted octanol–water partition coefficient (Wildman–Crippen LogP) is 2.48. The van der Waals surface area contributed by atoms with Crippen molar-refractivity contribution in [2.24, 2.45) is 5.92 Å². The van der Waals surface area contributed by atoms with Gasteiger partial charge in [0.15, 0.2) is 0 Å². The average molecular weight is 472 g/mol. The highest BCUT2D eigenvalue weighted by atomic mass is 35.5. The summed E-state index contributed by atoms with van der Waals surface area (Å²) >= 11 is 0. The quantitative estimate of drug-likeness (QED) is 0.575. The second-order valence-corrected chi connectivity index (χ2v) is 8.89. The van der Waals surface area contributed by atoms with E-state index in [1.165, 1.54) is 19.3 Å². The number of methoxy groups -OCH3 is 2. The van der Waals surface area contributed by atoms with Crippen LogP contribution in [0.15, 0.2) is 42.5 Å². The molecule has 3 aromatic rings. The normalized spacial score (nSPS) is 15.2. The summed E-state index contributed by atoms with van der Waals surface area (Å²) in [4.78, 5) is 18.6. The van der Waals surface area contributed by atoms with Gasteiger partial charge in [-0.25, -0.2) is 4.98 Å². The van der Waals surface area contributed by atoms with E-state index in [0.717, 1.165) is 35.3 Å². The highest BCUT2D eigenvalue weighted by molar-refractivity contribution is 5.88. The minimum atomic E-state index is -0.383. The number of aromatic nitrogens is 2. The van der Waals surface area contributed by atoms with Crippen LogP contribution in [0.3, 0.4) is 0 Å². The molecule has 1 N–H and O–H groups in total. The van der Waals surface area contributed by atoms with Gasteiger partial charge in [-0.2, -0.15) is 0 Å². The van der Waals surface area contributed by atoms with E-state index in [1.807, 2.05) is 42.5 Å². The summed E-state index contributed by atoms with van der Waals surface area (Å²) in [6, 6.07) is 13.6. The lowest BCUT2D eigenvalue weighted by Crippen LogP contribution is -3.00. The van der Waals surface area contributed by atoms with Crippen LogP contribution in [0.1, 0.15) is 53.4 Å². The third-order valence-corrected chi connectivity index (χ3v) is 6.38. The van der Waals surface area contributed by atoms with Gasteiger partial charge in [0.1, 0.15) is 23.4 Å². The summed E-state index contributed by atoms with van der Waals surface area (Å²) in [6.45, 7) is 4.18. The van der Waals surface area contributed by atoms with Crippen LogP contribution in [0.4, 0.5) is 0 Å². The van der Waals surface area contributed by atoms with Crippen LogP contribution >= 0.6 is 0 Å². The summed E-state index contributed by atoms with van der Waals surface area (Å²) in [5, 5.41) is 3.34. The highest BCUT2D eigenvalue weighted by Crippen LogP contribution is 2.38. The molecule has 0 saturated heterocycles. The molecule has 7 heteroatoms. The number of halogens is 1. The Bertz CT molecular complexity index is 1100. The maximum Gasteiger partial charge on any atom is 1.00 e. The van der Waals surface area contributed by atoms with Gasteiger partial charge in [0.05, 0.1) is 30.8 Å². The molecule has 1 aromatic heterocycles. The summed E-state index contributed by atoms with van der Waals surface area (Å²) < 4.78 is 13.1. The molecule has 1 unspecified atom stereocenters. The Morgan fingerprint density at radius 3 is 2.48 bits per heavy atom. The number of ether oxygens (including phenoxy) is 2. The molecule has 6 nitrogen and oxygen atoms in total. The monoisotopic (exact) mass is 471 g/mol. The number of carbonyl (C=O) groups is 1. The SMILES string of the molecule is COc1ccc(-c2nc3ccccc3n2C(C(=O)NC2CCCCC2)C(C)C)c(OC)c1.[Cl-].[H+]. The van der Waals surface area contributed by atoms with Gasteiger partial charge in [0, 0.05) is 12.1 Å². The maximum atomic E-state index is 13.6. The fraction of sp³-hybridized carbons (Fsp3) is 0.462. The molecule has 1 heterocycles. The highest BCUT2D eigenvalue weighted by Gasteiger charge is 2.31. The van der Waals surface area contributed by atoms with Crippen LogP contribution in [-0.2, 0) is 4.79 Å². The Kier molecular flexibility index (Phi) is 8.25. The van der Waals surface area contributed by atoms with Crippen molar-refractivity contribution >= 4 is 16.9 Å². The van der Waals surface area contributed by atoms with E-state index in [0.29, 0.717) is 11.5 Å². The van der Waals surface area contributed by atoms with Crippen LogP contribution in [0, 0.1) is 5.92 Å². The topological polar surface area (TPSA) is 65.4 Å². The van der Waals surface area contributed by atoms with Crippen molar-refractivity contribution in [3.05, 3.63) is 42.5 Å². The number of rotatable bonds is 7. The summed E-state index contributed by atoms with van der Waals surface area (Å²) in [7, 11) is 3.27. The fourth-order valence-electron chi connectivity index (χ4n) is 4.75. The van der Waals surface area contributed by atoms with Gasteiger partial charge >= 0.3 is 1.43 Å². The van der Waals surface area contributed by atoms with E-state index >= 15 is 0 Å². The zero-order valence-corrected chi connectivity index (χ0v) is 20.6. The first-order valence-electron chi connectivity index (χ1n) is 11.5. The Balaban J connectivity index is 0.00000204. The number of imidazole rings is 1. The Morgan fingerprint density at radius 2 is 1.82 bits per heavy atom. The summed E-state index contributed by atoms with van der Waals surface area (Å²) in [5.41, 5.74) is 2.63. The molecular formula is C26H34ClN3O3. The molecule has 1 atom stereocenters. The number of para-hydroxylation sites is 2. The van der Waals surface area contributed by atoms with Crippen molar-refractivity contribution in [2.45, 2.75) is 58.0 Å². The lowest BCUT2D eigenvalue weighted by atomic mass is 9.94. The zero-order chi connectivity index (χ0) is 22.7. The second-order valence-electron chi connectivity index (χ2n) is 8.89. The van der Waals surface area contributed by atoms with Crippen molar-refractivity contribution in [2.75, 3.05) is 14.2 Å². The van der Waals surface area contributed by atoms with Crippen LogP contribution in [0.2, 0.25) is 0 Å². The van der Waals surface area contributed by atoms with Gasteiger partial charge in [-0.05, 0) is 43.0 Å². The predicted molar refractivity (Wildman–Crippen MR) is 128 cm³/mol. The Hall–Kier alpha value is -2.73. The van der Waals surface area contributed by atoms with Crippen LogP contribution in [0.25, 0.3) is 22.4 Å². The van der Waals surface area contributed by atoms with E-state index in [9.17, 15) is 4.79 Å². The molecule has 33 heavy (non-hydrogen) atoms. The lowest BCUT2D eigenvalue weighted by molar-refractivity contribution is -0.126. The van der Waals surface area contributed by atoms with Crippen LogP contribution < -0.4 is 27.2 Å². The van der Waals surface area contributed by atoms with Gasteiger partial charge in [0.25, 0.3) is 0 Å². The Morgan fingerprint density at radius 1 is 1.09 bits per heavy atom.